The van der Waals surface area contributed by atoms with Gasteiger partial charge in [0, 0.05) is 19.3 Å². The van der Waals surface area contributed by atoms with Gasteiger partial charge >= 0.3 is 0 Å². The van der Waals surface area contributed by atoms with Crippen LogP contribution in [-0.2, 0) is 9.53 Å². The lowest BCUT2D eigenvalue weighted by molar-refractivity contribution is -0.124. The fourth-order valence-corrected chi connectivity index (χ4v) is 2.31. The zero-order valence-electron chi connectivity index (χ0n) is 12.0. The largest absolute Gasteiger partial charge is 0.381 e. The van der Waals surface area contributed by atoms with Gasteiger partial charge < -0.3 is 15.8 Å². The van der Waals surface area contributed by atoms with Crippen LogP contribution in [0.4, 0.5) is 0 Å². The van der Waals surface area contributed by atoms with E-state index in [9.17, 15) is 4.79 Å². The molecule has 0 aromatic heterocycles. The number of hydrogen-bond acceptors (Lipinski definition) is 3. The summed E-state index contributed by atoms with van der Waals surface area (Å²) in [5.74, 6) is 0.570. The van der Waals surface area contributed by atoms with Crippen molar-refractivity contribution in [1.29, 1.82) is 0 Å². The maximum Gasteiger partial charge on any atom is 0.237 e. The number of rotatable bonds is 9. The van der Waals surface area contributed by atoms with Gasteiger partial charge in [0.1, 0.15) is 0 Å². The van der Waals surface area contributed by atoms with E-state index in [1.807, 2.05) is 20.8 Å². The minimum Gasteiger partial charge on any atom is -0.381 e. The lowest BCUT2D eigenvalue weighted by atomic mass is 9.83. The van der Waals surface area contributed by atoms with E-state index < -0.39 is 5.54 Å². The number of primary amides is 1. The Labute approximate surface area is 111 Å². The third-order valence-electron chi connectivity index (χ3n) is 3.79. The van der Waals surface area contributed by atoms with Crippen LogP contribution in [-0.4, -0.2) is 30.7 Å². The molecule has 106 valence electrons. The van der Waals surface area contributed by atoms with E-state index in [0.717, 1.165) is 18.9 Å². The van der Waals surface area contributed by atoms with Crippen LogP contribution in [0.1, 0.15) is 52.9 Å². The Balaban J connectivity index is 2.18. The number of nitrogens with two attached hydrogens (primary N) is 1. The second-order valence-electron chi connectivity index (χ2n) is 5.94. The van der Waals surface area contributed by atoms with Crippen molar-refractivity contribution in [1.82, 2.24) is 5.32 Å². The van der Waals surface area contributed by atoms with Gasteiger partial charge in [-0.1, -0.05) is 19.3 Å². The summed E-state index contributed by atoms with van der Waals surface area (Å²) >= 11 is 0. The molecule has 0 heterocycles. The van der Waals surface area contributed by atoms with E-state index in [2.05, 4.69) is 5.32 Å². The van der Waals surface area contributed by atoms with E-state index in [0.29, 0.717) is 13.0 Å². The molecular formula is C14H28N2O2. The molecule has 1 aliphatic carbocycles. The second-order valence-corrected chi connectivity index (χ2v) is 5.94. The molecule has 1 saturated carbocycles. The van der Waals surface area contributed by atoms with E-state index in [4.69, 9.17) is 10.5 Å². The van der Waals surface area contributed by atoms with Crippen molar-refractivity contribution < 1.29 is 9.53 Å². The lowest BCUT2D eigenvalue weighted by Crippen LogP contribution is -2.56. The molecule has 0 aromatic carbocycles. The molecule has 1 unspecified atom stereocenters. The minimum absolute atomic E-state index is 0.234. The summed E-state index contributed by atoms with van der Waals surface area (Å²) in [7, 11) is 0. The summed E-state index contributed by atoms with van der Waals surface area (Å²) in [4.78, 5) is 11.5. The quantitative estimate of drug-likeness (QED) is 0.619. The molecule has 3 N–H and O–H groups in total. The summed E-state index contributed by atoms with van der Waals surface area (Å²) in [5, 5.41) is 3.22. The number of nitrogens with one attached hydrogen (secondary N) is 1. The Kier molecular flexibility index (Phi) is 6.09. The van der Waals surface area contributed by atoms with E-state index in [1.165, 1.54) is 19.3 Å². The standard InChI is InChI=1S/C14H28N2O2/c1-11(2)16-14(3,13(15)17)8-10-18-9-7-12-5-4-6-12/h11-12,16H,4-10H2,1-3H3,(H2,15,17). The maximum atomic E-state index is 11.5. The SMILES string of the molecule is CC(C)NC(C)(CCOCCC1CCC1)C(N)=O. The highest BCUT2D eigenvalue weighted by atomic mass is 16.5. The molecule has 0 aromatic rings. The van der Waals surface area contributed by atoms with Crippen molar-refractivity contribution in [2.24, 2.45) is 11.7 Å². The molecule has 0 spiro atoms. The van der Waals surface area contributed by atoms with Crippen LogP contribution in [0.15, 0.2) is 0 Å². The normalized spacial score (nSPS) is 19.6. The van der Waals surface area contributed by atoms with Crippen molar-refractivity contribution in [3.63, 3.8) is 0 Å². The molecule has 1 amide bonds. The summed E-state index contributed by atoms with van der Waals surface area (Å²) in [5.41, 5.74) is 4.79. The van der Waals surface area contributed by atoms with Crippen LogP contribution in [0, 0.1) is 5.92 Å². The molecule has 0 saturated heterocycles. The molecule has 1 atom stereocenters. The first-order valence-corrected chi connectivity index (χ1v) is 7.09. The zero-order valence-corrected chi connectivity index (χ0v) is 12.0. The van der Waals surface area contributed by atoms with Crippen LogP contribution in [0.3, 0.4) is 0 Å². The first-order chi connectivity index (χ1) is 8.44. The lowest BCUT2D eigenvalue weighted by Gasteiger charge is -2.30. The van der Waals surface area contributed by atoms with Crippen molar-refractivity contribution in [3.8, 4) is 0 Å². The van der Waals surface area contributed by atoms with Gasteiger partial charge in [-0.15, -0.1) is 0 Å². The molecule has 18 heavy (non-hydrogen) atoms. The van der Waals surface area contributed by atoms with Gasteiger partial charge in [-0.25, -0.2) is 0 Å². The smallest absolute Gasteiger partial charge is 0.237 e. The Morgan fingerprint density at radius 2 is 2.11 bits per heavy atom. The fraction of sp³-hybridized carbons (Fsp3) is 0.929. The summed E-state index contributed by atoms with van der Waals surface area (Å²) in [6.07, 6.45) is 5.88. The molecule has 4 nitrogen and oxygen atoms in total. The van der Waals surface area contributed by atoms with Gasteiger partial charge in [-0.2, -0.15) is 0 Å². The highest BCUT2D eigenvalue weighted by molar-refractivity contribution is 5.84. The third-order valence-corrected chi connectivity index (χ3v) is 3.79. The monoisotopic (exact) mass is 256 g/mol. The third kappa shape index (κ3) is 4.94. The van der Waals surface area contributed by atoms with Crippen LogP contribution in [0.2, 0.25) is 0 Å². The van der Waals surface area contributed by atoms with Crippen molar-refractivity contribution in [3.05, 3.63) is 0 Å². The van der Waals surface area contributed by atoms with Crippen LogP contribution in [0.25, 0.3) is 0 Å². The maximum absolute atomic E-state index is 11.5. The average molecular weight is 256 g/mol. The van der Waals surface area contributed by atoms with Crippen LogP contribution in [0.5, 0.6) is 0 Å². The van der Waals surface area contributed by atoms with Crippen molar-refractivity contribution in [2.45, 2.75) is 64.5 Å². The molecule has 1 rings (SSSR count). The molecule has 1 aliphatic rings. The number of ether oxygens (including phenoxy) is 1. The Hall–Kier alpha value is -0.610. The zero-order chi connectivity index (χ0) is 13.6. The number of carbonyl (C=O) groups excluding carboxylic acids is 1. The van der Waals surface area contributed by atoms with Crippen molar-refractivity contribution in [2.75, 3.05) is 13.2 Å². The highest BCUT2D eigenvalue weighted by Gasteiger charge is 2.31. The van der Waals surface area contributed by atoms with Crippen molar-refractivity contribution >= 4 is 5.91 Å². The van der Waals surface area contributed by atoms with Gasteiger partial charge in [0.2, 0.25) is 5.91 Å². The Morgan fingerprint density at radius 3 is 2.56 bits per heavy atom. The van der Waals surface area contributed by atoms with Gasteiger partial charge in [0.25, 0.3) is 0 Å². The molecule has 0 aliphatic heterocycles. The summed E-state index contributed by atoms with van der Waals surface area (Å²) < 4.78 is 5.62. The predicted octanol–water partition coefficient (Wildman–Crippen LogP) is 1.83. The van der Waals surface area contributed by atoms with Gasteiger partial charge in [0.05, 0.1) is 5.54 Å². The minimum atomic E-state index is -0.662. The van der Waals surface area contributed by atoms with Crippen LogP contribution < -0.4 is 11.1 Å². The van der Waals surface area contributed by atoms with Gasteiger partial charge in [-0.05, 0) is 39.5 Å². The molecular weight excluding hydrogens is 228 g/mol. The van der Waals surface area contributed by atoms with Crippen LogP contribution >= 0.6 is 0 Å². The van der Waals surface area contributed by atoms with E-state index in [1.54, 1.807) is 0 Å². The first kappa shape index (κ1) is 15.4. The second kappa shape index (κ2) is 7.10. The van der Waals surface area contributed by atoms with E-state index >= 15 is 0 Å². The number of hydrogen-bond donors (Lipinski definition) is 2. The summed E-state index contributed by atoms with van der Waals surface area (Å²) in [6.45, 7) is 7.27. The Bertz CT molecular complexity index is 265. The topological polar surface area (TPSA) is 64.3 Å². The van der Waals surface area contributed by atoms with E-state index in [-0.39, 0.29) is 11.9 Å². The van der Waals surface area contributed by atoms with Gasteiger partial charge in [0.15, 0.2) is 0 Å². The first-order valence-electron chi connectivity index (χ1n) is 7.09. The molecule has 0 radical (unpaired) electrons. The Morgan fingerprint density at radius 1 is 1.44 bits per heavy atom. The summed E-state index contributed by atoms with van der Waals surface area (Å²) in [6, 6.07) is 0.234. The average Bonchev–Trinajstić information content (AvgIpc) is 2.19. The molecule has 4 heteroatoms. The number of amides is 1. The predicted molar refractivity (Wildman–Crippen MR) is 73.3 cm³/mol. The molecule has 0 bridgehead atoms. The fourth-order valence-electron chi connectivity index (χ4n) is 2.31. The van der Waals surface area contributed by atoms with Gasteiger partial charge in [-0.3, -0.25) is 4.79 Å². The highest BCUT2D eigenvalue weighted by Crippen LogP contribution is 2.29. The molecule has 1 fully saturated rings. The number of carbonyl (C=O) groups is 1.